The fourth-order valence-electron chi connectivity index (χ4n) is 3.57. The second-order valence-electron chi connectivity index (χ2n) is 6.68. The summed E-state index contributed by atoms with van der Waals surface area (Å²) in [4.78, 5) is 0. The van der Waals surface area contributed by atoms with E-state index in [1.165, 1.54) is 32.8 Å². The summed E-state index contributed by atoms with van der Waals surface area (Å²) in [5.41, 5.74) is 7.67. The molecule has 1 aromatic rings. The molecule has 0 heterocycles. The summed E-state index contributed by atoms with van der Waals surface area (Å²) in [6.07, 6.45) is 5.72. The highest BCUT2D eigenvalue weighted by Crippen LogP contribution is 2.42. The van der Waals surface area contributed by atoms with Crippen molar-refractivity contribution >= 4 is 0 Å². The van der Waals surface area contributed by atoms with Crippen molar-refractivity contribution < 1.29 is 9.13 Å². The summed E-state index contributed by atoms with van der Waals surface area (Å²) in [7, 11) is 1.48. The maximum absolute atomic E-state index is 13.7. The lowest BCUT2D eigenvalue weighted by Gasteiger charge is -2.42. The molecule has 0 aliphatic heterocycles. The van der Waals surface area contributed by atoms with Gasteiger partial charge in [-0.15, -0.1) is 0 Å². The summed E-state index contributed by atoms with van der Waals surface area (Å²) < 4.78 is 18.7. The third-order valence-electron chi connectivity index (χ3n) is 4.79. The van der Waals surface area contributed by atoms with Crippen LogP contribution in [0.25, 0.3) is 0 Å². The maximum Gasteiger partial charge on any atom is 0.165 e. The van der Waals surface area contributed by atoms with Crippen LogP contribution in [0.2, 0.25) is 0 Å². The van der Waals surface area contributed by atoms with E-state index in [1.807, 2.05) is 6.07 Å². The van der Waals surface area contributed by atoms with Crippen molar-refractivity contribution in [2.45, 2.75) is 52.0 Å². The fraction of sp³-hybridized carbons (Fsp3) is 0.647. The molecule has 1 aliphatic rings. The van der Waals surface area contributed by atoms with Crippen molar-refractivity contribution in [2.24, 2.45) is 17.1 Å². The van der Waals surface area contributed by atoms with E-state index in [0.29, 0.717) is 17.1 Å². The van der Waals surface area contributed by atoms with Gasteiger partial charge in [0.05, 0.1) is 7.11 Å². The molecule has 0 aromatic heterocycles. The van der Waals surface area contributed by atoms with Gasteiger partial charge in [0.15, 0.2) is 11.6 Å². The highest BCUT2D eigenvalue weighted by Gasteiger charge is 2.35. The third kappa shape index (κ3) is 3.32. The Morgan fingerprint density at radius 1 is 1.40 bits per heavy atom. The van der Waals surface area contributed by atoms with Crippen molar-refractivity contribution in [3.63, 3.8) is 0 Å². The largest absolute Gasteiger partial charge is 0.494 e. The predicted octanol–water partition coefficient (Wildman–Crippen LogP) is 3.92. The molecule has 0 spiro atoms. The van der Waals surface area contributed by atoms with Crippen molar-refractivity contribution in [2.75, 3.05) is 7.11 Å². The Morgan fingerprint density at radius 3 is 2.75 bits per heavy atom. The number of hydrogen-bond acceptors (Lipinski definition) is 2. The van der Waals surface area contributed by atoms with Crippen LogP contribution in [0.3, 0.4) is 0 Å². The van der Waals surface area contributed by atoms with Gasteiger partial charge in [0, 0.05) is 6.04 Å². The van der Waals surface area contributed by atoms with E-state index in [-0.39, 0.29) is 11.9 Å². The normalized spacial score (nSPS) is 23.4. The molecule has 2 nitrogen and oxygen atoms in total. The first-order chi connectivity index (χ1) is 9.44. The molecule has 2 N–H and O–H groups in total. The molecular formula is C17H26FNO. The molecule has 0 amide bonds. The Morgan fingerprint density at radius 2 is 2.15 bits per heavy atom. The van der Waals surface area contributed by atoms with Crippen LogP contribution in [0, 0.1) is 17.2 Å². The molecule has 0 radical (unpaired) electrons. The zero-order chi connectivity index (χ0) is 14.8. The molecule has 0 bridgehead atoms. The van der Waals surface area contributed by atoms with Crippen molar-refractivity contribution in [3.05, 3.63) is 29.6 Å². The molecular weight excluding hydrogens is 253 g/mol. The standard InChI is InChI=1S/C17H26FNO/c1-17(2)9-5-4-6-13(17)15(19)11-12-7-8-16(20-3)14(18)10-12/h7-8,10,13,15H,4-6,9,11,19H2,1-3H3. The molecule has 20 heavy (non-hydrogen) atoms. The Hall–Kier alpha value is -1.09. The monoisotopic (exact) mass is 279 g/mol. The van der Waals surface area contributed by atoms with E-state index < -0.39 is 0 Å². The van der Waals surface area contributed by atoms with Crippen LogP contribution in [0.1, 0.15) is 45.1 Å². The first-order valence-corrected chi connectivity index (χ1v) is 7.52. The van der Waals surface area contributed by atoms with E-state index >= 15 is 0 Å². The molecule has 1 saturated carbocycles. The molecule has 2 rings (SSSR count). The van der Waals surface area contributed by atoms with Crippen molar-refractivity contribution in [1.29, 1.82) is 0 Å². The third-order valence-corrected chi connectivity index (χ3v) is 4.79. The van der Waals surface area contributed by atoms with E-state index in [2.05, 4.69) is 13.8 Å². The zero-order valence-corrected chi connectivity index (χ0v) is 12.8. The minimum atomic E-state index is -0.305. The van der Waals surface area contributed by atoms with Gasteiger partial charge in [-0.2, -0.15) is 0 Å². The van der Waals surface area contributed by atoms with Gasteiger partial charge in [0.25, 0.3) is 0 Å². The minimum Gasteiger partial charge on any atom is -0.494 e. The summed E-state index contributed by atoms with van der Waals surface area (Å²) >= 11 is 0. The maximum atomic E-state index is 13.7. The van der Waals surface area contributed by atoms with Crippen LogP contribution < -0.4 is 10.5 Å². The summed E-state index contributed by atoms with van der Waals surface area (Å²) in [5.74, 6) is 0.502. The van der Waals surface area contributed by atoms with Crippen LogP contribution >= 0.6 is 0 Å². The number of ether oxygens (including phenoxy) is 1. The molecule has 3 heteroatoms. The average Bonchev–Trinajstić information content (AvgIpc) is 2.38. The van der Waals surface area contributed by atoms with Gasteiger partial charge in [0.1, 0.15) is 0 Å². The summed E-state index contributed by atoms with van der Waals surface area (Å²) in [6, 6.07) is 5.24. The highest BCUT2D eigenvalue weighted by molar-refractivity contribution is 5.29. The lowest BCUT2D eigenvalue weighted by atomic mass is 9.65. The number of methoxy groups -OCH3 is 1. The number of benzene rings is 1. The summed E-state index contributed by atoms with van der Waals surface area (Å²) in [5, 5.41) is 0. The van der Waals surface area contributed by atoms with Gasteiger partial charge >= 0.3 is 0 Å². The molecule has 2 unspecified atom stereocenters. The zero-order valence-electron chi connectivity index (χ0n) is 12.8. The summed E-state index contributed by atoms with van der Waals surface area (Å²) in [6.45, 7) is 4.62. The van der Waals surface area contributed by atoms with Crippen LogP contribution in [0.15, 0.2) is 18.2 Å². The second-order valence-corrected chi connectivity index (χ2v) is 6.68. The lowest BCUT2D eigenvalue weighted by Crippen LogP contribution is -2.43. The molecule has 1 fully saturated rings. The smallest absolute Gasteiger partial charge is 0.165 e. The van der Waals surface area contributed by atoms with Crippen molar-refractivity contribution in [1.82, 2.24) is 0 Å². The van der Waals surface area contributed by atoms with Crippen LogP contribution in [-0.4, -0.2) is 13.2 Å². The first-order valence-electron chi connectivity index (χ1n) is 7.52. The van der Waals surface area contributed by atoms with Gasteiger partial charge in [-0.3, -0.25) is 0 Å². The van der Waals surface area contributed by atoms with Gasteiger partial charge in [-0.1, -0.05) is 32.8 Å². The quantitative estimate of drug-likeness (QED) is 0.906. The second kappa shape index (κ2) is 6.13. The molecule has 1 aromatic carbocycles. The van der Waals surface area contributed by atoms with Gasteiger partial charge in [-0.05, 0) is 48.3 Å². The van der Waals surface area contributed by atoms with E-state index in [0.717, 1.165) is 12.0 Å². The SMILES string of the molecule is COc1ccc(CC(N)C2CCCCC2(C)C)cc1F. The average molecular weight is 279 g/mol. The van der Waals surface area contributed by atoms with Gasteiger partial charge in [0.2, 0.25) is 0 Å². The highest BCUT2D eigenvalue weighted by atomic mass is 19.1. The minimum absolute atomic E-state index is 0.0955. The first kappa shape index (κ1) is 15.3. The molecule has 1 aliphatic carbocycles. The van der Waals surface area contributed by atoms with Gasteiger partial charge < -0.3 is 10.5 Å². The van der Waals surface area contributed by atoms with Crippen LogP contribution in [0.5, 0.6) is 5.75 Å². The lowest BCUT2D eigenvalue weighted by molar-refractivity contribution is 0.112. The van der Waals surface area contributed by atoms with E-state index in [9.17, 15) is 4.39 Å². The molecule has 112 valence electrons. The Bertz CT molecular complexity index is 458. The predicted molar refractivity (Wildman–Crippen MR) is 80.4 cm³/mol. The van der Waals surface area contributed by atoms with Crippen LogP contribution in [0.4, 0.5) is 4.39 Å². The Balaban J connectivity index is 2.07. The Kier molecular flexibility index (Phi) is 4.69. The van der Waals surface area contributed by atoms with E-state index in [4.69, 9.17) is 10.5 Å². The van der Waals surface area contributed by atoms with Gasteiger partial charge in [-0.25, -0.2) is 4.39 Å². The number of rotatable bonds is 4. The Labute approximate surface area is 121 Å². The van der Waals surface area contributed by atoms with Crippen LogP contribution in [-0.2, 0) is 6.42 Å². The number of nitrogens with two attached hydrogens (primary N) is 1. The van der Waals surface area contributed by atoms with E-state index in [1.54, 1.807) is 12.1 Å². The van der Waals surface area contributed by atoms with Crippen molar-refractivity contribution in [3.8, 4) is 5.75 Å². The molecule has 2 atom stereocenters. The number of hydrogen-bond donors (Lipinski definition) is 1. The fourth-order valence-corrected chi connectivity index (χ4v) is 3.57. The molecule has 0 saturated heterocycles. The number of halogens is 1. The topological polar surface area (TPSA) is 35.2 Å².